The van der Waals surface area contributed by atoms with Crippen molar-refractivity contribution in [2.75, 3.05) is 0 Å². The summed E-state index contributed by atoms with van der Waals surface area (Å²) < 4.78 is 4.68. The van der Waals surface area contributed by atoms with Crippen molar-refractivity contribution >= 4 is 11.8 Å². The van der Waals surface area contributed by atoms with Gasteiger partial charge in [0.1, 0.15) is 5.78 Å². The van der Waals surface area contributed by atoms with E-state index < -0.39 is 23.8 Å². The Kier molecular flexibility index (Phi) is 8.23. The molecule has 30 heavy (non-hydrogen) atoms. The first-order valence-electron chi connectivity index (χ1n) is 11.1. The molecule has 2 rings (SSSR count). The first kappa shape index (κ1) is 24.5. The molecular weight excluding hydrogens is 380 g/mol. The Bertz CT molecular complexity index is 743. The monoisotopic (exact) mass is 418 g/mol. The molecule has 3 atom stereocenters. The Morgan fingerprint density at radius 1 is 1.13 bits per heavy atom. The normalized spacial score (nSPS) is 29.2. The summed E-state index contributed by atoms with van der Waals surface area (Å²) in [6.45, 7) is 10.0. The molecule has 2 N–H and O–H groups in total. The number of ketones is 1. The molecule has 0 aromatic rings. The molecule has 1 aliphatic heterocycles. The Labute approximate surface area is 180 Å². The van der Waals surface area contributed by atoms with Gasteiger partial charge in [-0.05, 0) is 77.6 Å². The van der Waals surface area contributed by atoms with Gasteiger partial charge in [-0.3, -0.25) is 4.79 Å². The molecular formula is C25H38O5. The van der Waals surface area contributed by atoms with Gasteiger partial charge in [0.15, 0.2) is 0 Å². The summed E-state index contributed by atoms with van der Waals surface area (Å²) in [6.07, 6.45) is 10.5. The number of ether oxygens (including phenoxy) is 1. The molecule has 2 aliphatic rings. The van der Waals surface area contributed by atoms with Gasteiger partial charge in [0, 0.05) is 11.6 Å². The molecule has 0 spiro atoms. The largest absolute Gasteiger partial charge is 0.429 e. The number of cyclic esters (lactones) is 1. The Morgan fingerprint density at radius 2 is 1.77 bits per heavy atom. The number of allylic oxidation sites excluding steroid dienone is 4. The minimum absolute atomic E-state index is 0.110. The van der Waals surface area contributed by atoms with Gasteiger partial charge in [-0.2, -0.15) is 0 Å². The van der Waals surface area contributed by atoms with Crippen LogP contribution >= 0.6 is 0 Å². The van der Waals surface area contributed by atoms with Gasteiger partial charge >= 0.3 is 5.97 Å². The van der Waals surface area contributed by atoms with Crippen LogP contribution in [-0.4, -0.2) is 34.4 Å². The predicted molar refractivity (Wildman–Crippen MR) is 118 cm³/mol. The second-order valence-electron chi connectivity index (χ2n) is 9.65. The van der Waals surface area contributed by atoms with Crippen molar-refractivity contribution in [3.8, 4) is 0 Å². The summed E-state index contributed by atoms with van der Waals surface area (Å²) in [5.41, 5.74) is 2.36. The average molecular weight is 419 g/mol. The highest BCUT2D eigenvalue weighted by Gasteiger charge is 2.57. The molecule has 0 aromatic heterocycles. The predicted octanol–water partition coefficient (Wildman–Crippen LogP) is 4.78. The standard InChI is InChI=1S/C25H38O5/c1-17(10-7-11-20-16-22(28)30-23(20)29)8-6-9-18(2)12-15-25(19(3)26)21(27)13-14-24(25,4)5/h9-10,16,21,23,27,29H,6-8,11-15H2,1-5H3/b17-10+,18-9+/t21-,23-,25-/m1/s1. The van der Waals surface area contributed by atoms with E-state index in [1.807, 2.05) is 0 Å². The summed E-state index contributed by atoms with van der Waals surface area (Å²) in [5.74, 6) is -0.363. The van der Waals surface area contributed by atoms with Gasteiger partial charge < -0.3 is 14.9 Å². The van der Waals surface area contributed by atoms with Crippen LogP contribution in [0.1, 0.15) is 86.0 Å². The topological polar surface area (TPSA) is 83.8 Å². The molecule has 168 valence electrons. The first-order valence-corrected chi connectivity index (χ1v) is 11.1. The van der Waals surface area contributed by atoms with Crippen LogP contribution in [-0.2, 0) is 14.3 Å². The molecule has 5 nitrogen and oxygen atoms in total. The molecule has 1 saturated carbocycles. The zero-order valence-corrected chi connectivity index (χ0v) is 19.2. The third-order valence-corrected chi connectivity index (χ3v) is 7.17. The maximum Gasteiger partial charge on any atom is 0.333 e. The molecule has 0 bridgehead atoms. The number of aliphatic hydroxyl groups is 2. The smallest absolute Gasteiger partial charge is 0.333 e. The second kappa shape index (κ2) is 10.1. The van der Waals surface area contributed by atoms with Gasteiger partial charge in [-0.25, -0.2) is 4.79 Å². The first-order chi connectivity index (χ1) is 14.0. The maximum atomic E-state index is 12.5. The second-order valence-corrected chi connectivity index (χ2v) is 9.65. The van der Waals surface area contributed by atoms with Crippen molar-refractivity contribution < 1.29 is 24.5 Å². The van der Waals surface area contributed by atoms with Crippen LogP contribution in [0.25, 0.3) is 0 Å². The number of rotatable bonds is 10. The van der Waals surface area contributed by atoms with Crippen molar-refractivity contribution in [3.63, 3.8) is 0 Å². The highest BCUT2D eigenvalue weighted by Crippen LogP contribution is 2.56. The Balaban J connectivity index is 1.81. The van der Waals surface area contributed by atoms with Crippen LogP contribution in [0.3, 0.4) is 0 Å². The Hall–Kier alpha value is -1.72. The lowest BCUT2D eigenvalue weighted by molar-refractivity contribution is -0.151. The summed E-state index contributed by atoms with van der Waals surface area (Å²) in [4.78, 5) is 23.6. The minimum atomic E-state index is -1.08. The third kappa shape index (κ3) is 5.50. The van der Waals surface area contributed by atoms with Crippen LogP contribution in [0.15, 0.2) is 34.9 Å². The molecule has 1 fully saturated rings. The SMILES string of the molecule is CC(=O)[C@]1(CC/C(C)=C/CC/C(C)=C/CCC2=CC(=O)O[C@H]2O)[C@H](O)CCC1(C)C. The van der Waals surface area contributed by atoms with Crippen molar-refractivity contribution in [3.05, 3.63) is 34.9 Å². The van der Waals surface area contributed by atoms with Gasteiger partial charge in [-0.15, -0.1) is 0 Å². The summed E-state index contributed by atoms with van der Waals surface area (Å²) >= 11 is 0. The number of hydrogen-bond acceptors (Lipinski definition) is 5. The lowest BCUT2D eigenvalue weighted by atomic mass is 9.62. The highest BCUT2D eigenvalue weighted by molar-refractivity contribution is 5.85. The van der Waals surface area contributed by atoms with E-state index in [-0.39, 0.29) is 11.2 Å². The van der Waals surface area contributed by atoms with E-state index in [2.05, 4.69) is 44.6 Å². The zero-order valence-electron chi connectivity index (χ0n) is 19.2. The van der Waals surface area contributed by atoms with Gasteiger partial charge in [0.2, 0.25) is 6.29 Å². The summed E-state index contributed by atoms with van der Waals surface area (Å²) in [5, 5.41) is 20.2. The van der Waals surface area contributed by atoms with E-state index in [0.29, 0.717) is 24.8 Å². The van der Waals surface area contributed by atoms with E-state index in [4.69, 9.17) is 0 Å². The van der Waals surface area contributed by atoms with Gasteiger partial charge in [-0.1, -0.05) is 37.1 Å². The van der Waals surface area contributed by atoms with Crippen LogP contribution < -0.4 is 0 Å². The van der Waals surface area contributed by atoms with Crippen molar-refractivity contribution in [1.82, 2.24) is 0 Å². The molecule has 0 radical (unpaired) electrons. The highest BCUT2D eigenvalue weighted by atomic mass is 16.6. The summed E-state index contributed by atoms with van der Waals surface area (Å²) in [6, 6.07) is 0. The third-order valence-electron chi connectivity index (χ3n) is 7.17. The fraction of sp³-hybridized carbons (Fsp3) is 0.680. The molecule has 0 unspecified atom stereocenters. The fourth-order valence-corrected chi connectivity index (χ4v) is 5.08. The minimum Gasteiger partial charge on any atom is -0.429 e. The maximum absolute atomic E-state index is 12.5. The number of carbonyl (C=O) groups is 2. The molecule has 1 heterocycles. The number of esters is 1. The zero-order chi connectivity index (χ0) is 22.5. The van der Waals surface area contributed by atoms with Crippen LogP contribution in [0.5, 0.6) is 0 Å². The van der Waals surface area contributed by atoms with Crippen molar-refractivity contribution in [2.24, 2.45) is 10.8 Å². The van der Waals surface area contributed by atoms with Crippen LogP contribution in [0, 0.1) is 10.8 Å². The summed E-state index contributed by atoms with van der Waals surface area (Å²) in [7, 11) is 0. The Morgan fingerprint density at radius 3 is 2.30 bits per heavy atom. The lowest BCUT2D eigenvalue weighted by Crippen LogP contribution is -2.46. The van der Waals surface area contributed by atoms with Crippen molar-refractivity contribution in [2.45, 2.75) is 98.4 Å². The fourth-order valence-electron chi connectivity index (χ4n) is 5.08. The van der Waals surface area contributed by atoms with Crippen LogP contribution in [0.4, 0.5) is 0 Å². The molecule has 5 heteroatoms. The number of hydrogen-bond donors (Lipinski definition) is 2. The van der Waals surface area contributed by atoms with Crippen molar-refractivity contribution in [1.29, 1.82) is 0 Å². The van der Waals surface area contributed by atoms with E-state index in [1.54, 1.807) is 6.92 Å². The number of carbonyl (C=O) groups excluding carboxylic acids is 2. The van der Waals surface area contributed by atoms with Gasteiger partial charge in [0.25, 0.3) is 0 Å². The quantitative estimate of drug-likeness (QED) is 0.394. The molecule has 0 saturated heterocycles. The average Bonchev–Trinajstić information content (AvgIpc) is 3.08. The van der Waals surface area contributed by atoms with Crippen LogP contribution in [0.2, 0.25) is 0 Å². The van der Waals surface area contributed by atoms with Gasteiger partial charge in [0.05, 0.1) is 11.5 Å². The van der Waals surface area contributed by atoms with E-state index in [0.717, 1.165) is 32.1 Å². The molecule has 0 aromatic carbocycles. The number of aliphatic hydroxyl groups excluding tert-OH is 2. The number of Topliss-reactive ketones (excluding diaryl/α,β-unsaturated/α-hetero) is 1. The van der Waals surface area contributed by atoms with E-state index in [1.165, 1.54) is 17.2 Å². The lowest BCUT2D eigenvalue weighted by Gasteiger charge is -2.42. The molecule has 0 amide bonds. The van der Waals surface area contributed by atoms with E-state index in [9.17, 15) is 19.8 Å². The molecule has 1 aliphatic carbocycles. The van der Waals surface area contributed by atoms with E-state index >= 15 is 0 Å².